The summed E-state index contributed by atoms with van der Waals surface area (Å²) in [6.45, 7) is 13.2. The second-order valence-electron chi connectivity index (χ2n) is 7.34. The van der Waals surface area contributed by atoms with Crippen molar-refractivity contribution in [3.05, 3.63) is 48.2 Å². The molecule has 0 radical (unpaired) electrons. The van der Waals surface area contributed by atoms with Crippen molar-refractivity contribution < 1.29 is 37.9 Å². The molecule has 0 heterocycles. The standard InChI is InChI=1S/C26H42O8/c1-23(21-33-18-16-31-14-12-29-10-8-27-3)25-6-5-7-26(20-25)24(2)22-34-19-17-32-15-13-30-11-9-28-4/h5-7,20,22H,1,8-19,21H2,2-4H3/b24-22-. The fourth-order valence-corrected chi connectivity index (χ4v) is 2.67. The van der Waals surface area contributed by atoms with Gasteiger partial charge in [0, 0.05) is 14.2 Å². The summed E-state index contributed by atoms with van der Waals surface area (Å²) in [6.07, 6.45) is 1.76. The van der Waals surface area contributed by atoms with Crippen molar-refractivity contribution in [3.8, 4) is 0 Å². The SMILES string of the molecule is C=C(COCCOCCOCCOC)c1cccc(/C(C)=C\OCCOCCOCCOC)c1. The molecule has 0 aromatic heterocycles. The Kier molecular flexibility index (Phi) is 19.3. The number of rotatable bonds is 23. The molecule has 0 aliphatic rings. The Morgan fingerprint density at radius 3 is 1.71 bits per heavy atom. The number of hydrogen-bond acceptors (Lipinski definition) is 8. The van der Waals surface area contributed by atoms with Gasteiger partial charge in [0.2, 0.25) is 0 Å². The van der Waals surface area contributed by atoms with Crippen molar-refractivity contribution >= 4 is 11.1 Å². The summed E-state index contributed by atoms with van der Waals surface area (Å²) >= 11 is 0. The summed E-state index contributed by atoms with van der Waals surface area (Å²) in [5.41, 5.74) is 4.05. The van der Waals surface area contributed by atoms with Crippen LogP contribution in [0.25, 0.3) is 11.1 Å². The highest BCUT2D eigenvalue weighted by Gasteiger charge is 2.03. The summed E-state index contributed by atoms with van der Waals surface area (Å²) < 4.78 is 42.7. The fourth-order valence-electron chi connectivity index (χ4n) is 2.67. The molecule has 194 valence electrons. The first-order valence-electron chi connectivity index (χ1n) is 11.6. The minimum atomic E-state index is 0.447. The van der Waals surface area contributed by atoms with Crippen LogP contribution in [-0.2, 0) is 37.9 Å². The van der Waals surface area contributed by atoms with Crippen molar-refractivity contribution in [1.29, 1.82) is 0 Å². The maximum absolute atomic E-state index is 5.68. The molecule has 8 heteroatoms. The Hall–Kier alpha value is -1.78. The molecule has 34 heavy (non-hydrogen) atoms. The Balaban J connectivity index is 2.19. The van der Waals surface area contributed by atoms with E-state index in [1.807, 2.05) is 25.1 Å². The van der Waals surface area contributed by atoms with E-state index in [1.165, 1.54) is 0 Å². The quantitative estimate of drug-likeness (QED) is 0.173. The molecule has 1 rings (SSSR count). The van der Waals surface area contributed by atoms with Crippen molar-refractivity contribution in [2.75, 3.05) is 100 Å². The molecule has 0 aliphatic carbocycles. The lowest BCUT2D eigenvalue weighted by Crippen LogP contribution is -2.11. The minimum Gasteiger partial charge on any atom is -0.498 e. The minimum absolute atomic E-state index is 0.447. The Morgan fingerprint density at radius 1 is 0.676 bits per heavy atom. The van der Waals surface area contributed by atoms with Gasteiger partial charge in [-0.3, -0.25) is 0 Å². The van der Waals surface area contributed by atoms with Crippen molar-refractivity contribution in [2.24, 2.45) is 0 Å². The number of allylic oxidation sites excluding steroid dienone is 1. The van der Waals surface area contributed by atoms with Crippen LogP contribution < -0.4 is 0 Å². The predicted octanol–water partition coefficient (Wildman–Crippen LogP) is 3.45. The Labute approximate surface area is 204 Å². The lowest BCUT2D eigenvalue weighted by atomic mass is 10.0. The third-order valence-electron chi connectivity index (χ3n) is 4.59. The molecule has 0 saturated carbocycles. The zero-order valence-electron chi connectivity index (χ0n) is 21.1. The molecule has 0 bridgehead atoms. The molecule has 0 saturated heterocycles. The van der Waals surface area contributed by atoms with E-state index in [1.54, 1.807) is 20.5 Å². The largest absolute Gasteiger partial charge is 0.498 e. The monoisotopic (exact) mass is 482 g/mol. The van der Waals surface area contributed by atoms with E-state index in [-0.39, 0.29) is 0 Å². The number of benzene rings is 1. The molecular weight excluding hydrogens is 440 g/mol. The van der Waals surface area contributed by atoms with E-state index in [0.29, 0.717) is 85.9 Å². The zero-order chi connectivity index (χ0) is 24.7. The van der Waals surface area contributed by atoms with Crippen molar-refractivity contribution in [3.63, 3.8) is 0 Å². The maximum atomic E-state index is 5.68. The van der Waals surface area contributed by atoms with Gasteiger partial charge in [-0.05, 0) is 35.3 Å². The average molecular weight is 483 g/mol. The highest BCUT2D eigenvalue weighted by Crippen LogP contribution is 2.20. The molecule has 0 unspecified atom stereocenters. The first-order chi connectivity index (χ1) is 16.7. The van der Waals surface area contributed by atoms with Crippen LogP contribution >= 0.6 is 0 Å². The maximum Gasteiger partial charge on any atom is 0.111 e. The van der Waals surface area contributed by atoms with Gasteiger partial charge in [0.15, 0.2) is 0 Å². The van der Waals surface area contributed by atoms with Gasteiger partial charge in [-0.25, -0.2) is 0 Å². The molecule has 1 aromatic carbocycles. The van der Waals surface area contributed by atoms with Crippen LogP contribution in [0.4, 0.5) is 0 Å². The zero-order valence-corrected chi connectivity index (χ0v) is 21.1. The van der Waals surface area contributed by atoms with Crippen molar-refractivity contribution in [2.45, 2.75) is 6.92 Å². The molecule has 0 aliphatic heterocycles. The third-order valence-corrected chi connectivity index (χ3v) is 4.59. The average Bonchev–Trinajstić information content (AvgIpc) is 2.86. The van der Waals surface area contributed by atoms with Gasteiger partial charge >= 0.3 is 0 Å². The number of hydrogen-bond donors (Lipinski definition) is 0. The number of methoxy groups -OCH3 is 2. The van der Waals surface area contributed by atoms with E-state index < -0.39 is 0 Å². The third kappa shape index (κ3) is 16.0. The lowest BCUT2D eigenvalue weighted by Gasteiger charge is -2.11. The molecule has 8 nitrogen and oxygen atoms in total. The van der Waals surface area contributed by atoms with Crippen LogP contribution in [0.3, 0.4) is 0 Å². The molecule has 0 fully saturated rings. The van der Waals surface area contributed by atoms with Crippen LogP contribution in [0, 0.1) is 0 Å². The fraction of sp³-hybridized carbons (Fsp3) is 0.615. The van der Waals surface area contributed by atoms with Gasteiger partial charge in [-0.1, -0.05) is 24.8 Å². The molecule has 1 aromatic rings. The normalized spacial score (nSPS) is 11.7. The second-order valence-corrected chi connectivity index (χ2v) is 7.34. The van der Waals surface area contributed by atoms with Gasteiger partial charge in [-0.2, -0.15) is 0 Å². The van der Waals surface area contributed by atoms with Gasteiger partial charge < -0.3 is 37.9 Å². The number of ether oxygens (including phenoxy) is 8. The summed E-state index contributed by atoms with van der Waals surface area (Å²) in [5.74, 6) is 0. The van der Waals surface area contributed by atoms with E-state index in [9.17, 15) is 0 Å². The van der Waals surface area contributed by atoms with Crippen molar-refractivity contribution in [1.82, 2.24) is 0 Å². The van der Waals surface area contributed by atoms with E-state index in [4.69, 9.17) is 37.9 Å². The summed E-state index contributed by atoms with van der Waals surface area (Å²) in [6, 6.07) is 8.16. The first-order valence-corrected chi connectivity index (χ1v) is 11.6. The smallest absolute Gasteiger partial charge is 0.111 e. The van der Waals surface area contributed by atoms with Crippen LogP contribution in [0.5, 0.6) is 0 Å². The van der Waals surface area contributed by atoms with Crippen LogP contribution in [-0.4, -0.2) is 100 Å². The van der Waals surface area contributed by atoms with Crippen LogP contribution in [0.15, 0.2) is 37.1 Å². The first kappa shape index (κ1) is 30.3. The molecular formula is C26H42O8. The molecule has 0 spiro atoms. The Morgan fingerprint density at radius 2 is 1.15 bits per heavy atom. The highest BCUT2D eigenvalue weighted by atomic mass is 16.6. The van der Waals surface area contributed by atoms with E-state index >= 15 is 0 Å². The molecule has 0 atom stereocenters. The summed E-state index contributed by atoms with van der Waals surface area (Å²) in [5, 5.41) is 0. The van der Waals surface area contributed by atoms with Gasteiger partial charge in [0.05, 0.1) is 85.5 Å². The second kappa shape index (κ2) is 21.7. The van der Waals surface area contributed by atoms with Crippen LogP contribution in [0.1, 0.15) is 18.1 Å². The van der Waals surface area contributed by atoms with Crippen LogP contribution in [0.2, 0.25) is 0 Å². The predicted molar refractivity (Wildman–Crippen MR) is 133 cm³/mol. The van der Waals surface area contributed by atoms with E-state index in [0.717, 1.165) is 22.3 Å². The highest BCUT2D eigenvalue weighted by molar-refractivity contribution is 5.70. The Bertz CT molecular complexity index is 662. The topological polar surface area (TPSA) is 73.8 Å². The lowest BCUT2D eigenvalue weighted by molar-refractivity contribution is 0.00763. The summed E-state index contributed by atoms with van der Waals surface area (Å²) in [4.78, 5) is 0. The van der Waals surface area contributed by atoms with Gasteiger partial charge in [-0.15, -0.1) is 0 Å². The molecule has 0 amide bonds. The van der Waals surface area contributed by atoms with Gasteiger partial charge in [0.25, 0.3) is 0 Å². The van der Waals surface area contributed by atoms with Gasteiger partial charge in [0.1, 0.15) is 6.61 Å². The molecule has 0 N–H and O–H groups in total. The summed E-state index contributed by atoms with van der Waals surface area (Å²) in [7, 11) is 3.30. The van der Waals surface area contributed by atoms with E-state index in [2.05, 4.69) is 12.6 Å².